The summed E-state index contributed by atoms with van der Waals surface area (Å²) in [6.07, 6.45) is 1.21. The average Bonchev–Trinajstić information content (AvgIpc) is 2.76. The van der Waals surface area contributed by atoms with Crippen LogP contribution in [0.25, 0.3) is 0 Å². The number of hydrogen-bond donors (Lipinski definition) is 2. The van der Waals surface area contributed by atoms with Crippen molar-refractivity contribution in [3.63, 3.8) is 0 Å². The third kappa shape index (κ3) is 5.23. The Bertz CT molecular complexity index is 503. The largest absolute Gasteiger partial charge is 0.362 e. The van der Waals surface area contributed by atoms with E-state index in [1.807, 2.05) is 25.1 Å². The van der Waals surface area contributed by atoms with E-state index in [1.54, 1.807) is 12.3 Å². The predicted octanol–water partition coefficient (Wildman–Crippen LogP) is 1.60. The number of alkyl halides is 2. The third-order valence-electron chi connectivity index (χ3n) is 3.17. The summed E-state index contributed by atoms with van der Waals surface area (Å²) in [5.74, 6) is -2.46. The summed E-state index contributed by atoms with van der Waals surface area (Å²) >= 11 is 0. The lowest BCUT2D eigenvalue weighted by Crippen LogP contribution is -2.40. The average molecular weight is 357 g/mol. The maximum absolute atomic E-state index is 13.0. The van der Waals surface area contributed by atoms with Crippen molar-refractivity contribution < 1.29 is 13.6 Å². The zero-order chi connectivity index (χ0) is 14.8. The molecule has 9 heteroatoms. The number of rotatable bonds is 4. The maximum Gasteiger partial charge on any atom is 0.262 e. The lowest BCUT2D eigenvalue weighted by atomic mass is 10.1. The summed E-state index contributed by atoms with van der Waals surface area (Å²) in [6.45, 7) is -0.176. The minimum atomic E-state index is -2.80. The lowest BCUT2D eigenvalue weighted by molar-refractivity contribution is -0.123. The summed E-state index contributed by atoms with van der Waals surface area (Å²) in [4.78, 5) is 17.9. The van der Waals surface area contributed by atoms with Gasteiger partial charge in [-0.25, -0.2) is 13.8 Å². The summed E-state index contributed by atoms with van der Waals surface area (Å²) < 4.78 is 26.1. The van der Waals surface area contributed by atoms with E-state index in [9.17, 15) is 13.6 Å². The van der Waals surface area contributed by atoms with Crippen molar-refractivity contribution in [2.24, 2.45) is 0 Å². The third-order valence-corrected chi connectivity index (χ3v) is 3.17. The van der Waals surface area contributed by atoms with Gasteiger partial charge in [-0.2, -0.15) is 0 Å². The van der Waals surface area contributed by atoms with Crippen molar-refractivity contribution in [2.75, 3.05) is 25.5 Å². The van der Waals surface area contributed by atoms with E-state index >= 15 is 0 Å². The van der Waals surface area contributed by atoms with Crippen LogP contribution in [-0.2, 0) is 11.3 Å². The van der Waals surface area contributed by atoms with Gasteiger partial charge in [0.1, 0.15) is 5.82 Å². The molecule has 1 aromatic rings. The number of nitrogens with one attached hydrogen (secondary N) is 2. The first-order valence-electron chi connectivity index (χ1n) is 6.39. The first-order chi connectivity index (χ1) is 9.39. The van der Waals surface area contributed by atoms with E-state index in [0.29, 0.717) is 0 Å². The lowest BCUT2D eigenvalue weighted by Gasteiger charge is -2.17. The van der Waals surface area contributed by atoms with Crippen LogP contribution in [0.2, 0.25) is 0 Å². The molecule has 22 heavy (non-hydrogen) atoms. The Morgan fingerprint density at radius 3 is 2.73 bits per heavy atom. The SMILES string of the molecule is CN(C)c1ncccc1CNC(=O)C1CC(F)(F)CN1.Cl.Cl. The molecule has 0 aliphatic carbocycles. The Morgan fingerprint density at radius 2 is 2.18 bits per heavy atom. The minimum absolute atomic E-state index is 0. The zero-order valence-electron chi connectivity index (χ0n) is 12.3. The normalized spacial score (nSPS) is 18.8. The van der Waals surface area contributed by atoms with E-state index in [0.717, 1.165) is 11.4 Å². The molecule has 0 aromatic carbocycles. The van der Waals surface area contributed by atoms with Gasteiger partial charge in [0.05, 0.1) is 12.6 Å². The molecule has 2 rings (SSSR count). The van der Waals surface area contributed by atoms with Gasteiger partial charge < -0.3 is 10.2 Å². The van der Waals surface area contributed by atoms with Crippen molar-refractivity contribution in [2.45, 2.75) is 24.9 Å². The first-order valence-corrected chi connectivity index (χ1v) is 6.39. The van der Waals surface area contributed by atoms with Gasteiger partial charge in [-0.3, -0.25) is 10.1 Å². The highest BCUT2D eigenvalue weighted by Crippen LogP contribution is 2.25. The van der Waals surface area contributed by atoms with Gasteiger partial charge in [0.15, 0.2) is 0 Å². The fraction of sp³-hybridized carbons (Fsp3) is 0.538. The predicted molar refractivity (Wildman–Crippen MR) is 86.3 cm³/mol. The van der Waals surface area contributed by atoms with Crippen LogP contribution in [0, 0.1) is 0 Å². The van der Waals surface area contributed by atoms with Gasteiger partial charge in [-0.15, -0.1) is 24.8 Å². The summed E-state index contributed by atoms with van der Waals surface area (Å²) in [6, 6.07) is 2.79. The van der Waals surface area contributed by atoms with Crippen LogP contribution in [0.3, 0.4) is 0 Å². The highest BCUT2D eigenvalue weighted by molar-refractivity contribution is 5.85. The second kappa shape index (κ2) is 8.45. The number of carbonyl (C=O) groups is 1. The van der Waals surface area contributed by atoms with Crippen LogP contribution in [-0.4, -0.2) is 43.5 Å². The van der Waals surface area contributed by atoms with E-state index < -0.39 is 30.8 Å². The van der Waals surface area contributed by atoms with Crippen LogP contribution in [0.4, 0.5) is 14.6 Å². The van der Waals surface area contributed by atoms with Gasteiger partial charge in [0.2, 0.25) is 5.91 Å². The number of amides is 1. The molecule has 1 aromatic heterocycles. The molecule has 0 bridgehead atoms. The second-order valence-corrected chi connectivity index (χ2v) is 5.09. The molecule has 0 saturated carbocycles. The minimum Gasteiger partial charge on any atom is -0.362 e. The van der Waals surface area contributed by atoms with Crippen molar-refractivity contribution in [1.82, 2.24) is 15.6 Å². The number of pyridine rings is 1. The number of nitrogens with zero attached hydrogens (tertiary/aromatic N) is 2. The molecule has 1 aliphatic rings. The van der Waals surface area contributed by atoms with Crippen LogP contribution < -0.4 is 15.5 Å². The van der Waals surface area contributed by atoms with Crippen LogP contribution in [0.1, 0.15) is 12.0 Å². The van der Waals surface area contributed by atoms with Crippen LogP contribution >= 0.6 is 24.8 Å². The van der Waals surface area contributed by atoms with Crippen LogP contribution in [0.15, 0.2) is 18.3 Å². The summed E-state index contributed by atoms with van der Waals surface area (Å²) in [5.41, 5.74) is 0.843. The van der Waals surface area contributed by atoms with E-state index in [-0.39, 0.29) is 31.4 Å². The van der Waals surface area contributed by atoms with Gasteiger partial charge in [-0.1, -0.05) is 6.07 Å². The van der Waals surface area contributed by atoms with Gasteiger partial charge >= 0.3 is 0 Å². The zero-order valence-corrected chi connectivity index (χ0v) is 13.9. The second-order valence-electron chi connectivity index (χ2n) is 5.09. The fourth-order valence-electron chi connectivity index (χ4n) is 2.18. The molecule has 1 aliphatic heterocycles. The summed E-state index contributed by atoms with van der Waals surface area (Å²) in [7, 11) is 3.71. The molecule has 5 nitrogen and oxygen atoms in total. The van der Waals surface area contributed by atoms with E-state index in [1.165, 1.54) is 0 Å². The standard InChI is InChI=1S/C13H18F2N4O.2ClH/c1-19(2)11-9(4-3-5-16-11)7-17-12(20)10-6-13(14,15)8-18-10;;/h3-5,10,18H,6-8H2,1-2H3,(H,17,20);2*1H. The highest BCUT2D eigenvalue weighted by atomic mass is 35.5. The van der Waals surface area contributed by atoms with Crippen LogP contribution in [0.5, 0.6) is 0 Å². The Balaban J connectivity index is 0.00000220. The molecule has 0 spiro atoms. The molecular weight excluding hydrogens is 337 g/mol. The molecule has 1 unspecified atom stereocenters. The Kier molecular flexibility index (Phi) is 8.00. The molecule has 0 radical (unpaired) electrons. The quantitative estimate of drug-likeness (QED) is 0.860. The fourth-order valence-corrected chi connectivity index (χ4v) is 2.18. The molecule has 2 N–H and O–H groups in total. The van der Waals surface area contributed by atoms with E-state index in [2.05, 4.69) is 15.6 Å². The Hall–Kier alpha value is -1.18. The smallest absolute Gasteiger partial charge is 0.262 e. The molecule has 1 amide bonds. The molecule has 126 valence electrons. The molecule has 1 fully saturated rings. The molecular formula is C13H20Cl2F2N4O. The van der Waals surface area contributed by atoms with Crippen molar-refractivity contribution in [1.29, 1.82) is 0 Å². The Labute approximate surface area is 140 Å². The van der Waals surface area contributed by atoms with Gasteiger partial charge in [-0.05, 0) is 6.07 Å². The Morgan fingerprint density at radius 1 is 1.50 bits per heavy atom. The van der Waals surface area contributed by atoms with E-state index in [4.69, 9.17) is 0 Å². The van der Waals surface area contributed by atoms with Crippen molar-refractivity contribution >= 4 is 36.5 Å². The van der Waals surface area contributed by atoms with Gasteiger partial charge in [0, 0.05) is 38.8 Å². The first kappa shape index (κ1) is 20.8. The number of carbonyl (C=O) groups excluding carboxylic acids is 1. The molecule has 1 atom stereocenters. The highest BCUT2D eigenvalue weighted by Gasteiger charge is 2.42. The molecule has 1 saturated heterocycles. The number of halogens is 4. The number of anilines is 1. The summed E-state index contributed by atoms with van der Waals surface area (Å²) in [5, 5.41) is 5.20. The van der Waals surface area contributed by atoms with Gasteiger partial charge in [0.25, 0.3) is 5.92 Å². The topological polar surface area (TPSA) is 57.3 Å². The van der Waals surface area contributed by atoms with Crippen molar-refractivity contribution in [3.05, 3.63) is 23.9 Å². The maximum atomic E-state index is 13.0. The monoisotopic (exact) mass is 356 g/mol. The molecule has 2 heterocycles. The van der Waals surface area contributed by atoms with Crippen molar-refractivity contribution in [3.8, 4) is 0 Å². The number of aromatic nitrogens is 1. The number of hydrogen-bond acceptors (Lipinski definition) is 4.